The van der Waals surface area contributed by atoms with Gasteiger partial charge in [0.1, 0.15) is 5.54 Å². The summed E-state index contributed by atoms with van der Waals surface area (Å²) in [5.41, 5.74) is -0.553. The maximum atomic E-state index is 11.6. The van der Waals surface area contributed by atoms with E-state index in [1.807, 2.05) is 0 Å². The Morgan fingerprint density at radius 2 is 2.07 bits per heavy atom. The van der Waals surface area contributed by atoms with Crippen LogP contribution in [0.4, 0.5) is 0 Å². The van der Waals surface area contributed by atoms with Crippen molar-refractivity contribution in [1.82, 2.24) is 5.32 Å². The fraction of sp³-hybridized carbons (Fsp3) is 0.833. The summed E-state index contributed by atoms with van der Waals surface area (Å²) in [6.45, 7) is 2.06. The minimum Gasteiger partial charge on any atom is -0.338 e. The van der Waals surface area contributed by atoms with Gasteiger partial charge in [-0.1, -0.05) is 32.6 Å². The van der Waals surface area contributed by atoms with Crippen molar-refractivity contribution >= 4 is 5.91 Å². The van der Waals surface area contributed by atoms with Crippen LogP contribution in [0.15, 0.2) is 0 Å². The lowest BCUT2D eigenvalue weighted by molar-refractivity contribution is -0.122. The molecule has 1 fully saturated rings. The van der Waals surface area contributed by atoms with Gasteiger partial charge in [0, 0.05) is 6.42 Å². The van der Waals surface area contributed by atoms with Crippen molar-refractivity contribution in [3.63, 3.8) is 0 Å². The summed E-state index contributed by atoms with van der Waals surface area (Å²) >= 11 is 0. The molecule has 1 N–H and O–H groups in total. The first-order valence-corrected chi connectivity index (χ1v) is 5.95. The largest absolute Gasteiger partial charge is 0.338 e. The fourth-order valence-corrected chi connectivity index (χ4v) is 2.09. The number of nitrogens with zero attached hydrogens (tertiary/aromatic N) is 1. The van der Waals surface area contributed by atoms with E-state index in [1.165, 1.54) is 6.42 Å². The lowest BCUT2D eigenvalue weighted by Gasteiger charge is -2.31. The molecule has 1 aliphatic rings. The van der Waals surface area contributed by atoms with Gasteiger partial charge in [-0.2, -0.15) is 5.26 Å². The van der Waals surface area contributed by atoms with E-state index >= 15 is 0 Å². The quantitative estimate of drug-likeness (QED) is 0.771. The molecule has 0 unspecified atom stereocenters. The second-order valence-corrected chi connectivity index (χ2v) is 4.41. The van der Waals surface area contributed by atoms with Crippen molar-refractivity contribution in [3.05, 3.63) is 0 Å². The van der Waals surface area contributed by atoms with E-state index in [1.54, 1.807) is 0 Å². The number of rotatable bonds is 4. The Morgan fingerprint density at radius 1 is 1.40 bits per heavy atom. The van der Waals surface area contributed by atoms with Gasteiger partial charge in [-0.25, -0.2) is 0 Å². The first-order chi connectivity index (χ1) is 7.22. The third-order valence-electron chi connectivity index (χ3n) is 3.06. The third kappa shape index (κ3) is 3.54. The summed E-state index contributed by atoms with van der Waals surface area (Å²) in [5, 5.41) is 12.1. The molecule has 0 spiro atoms. The van der Waals surface area contributed by atoms with E-state index < -0.39 is 5.54 Å². The van der Waals surface area contributed by atoms with E-state index in [0.717, 1.165) is 38.5 Å². The SMILES string of the molecule is CCCCC(=O)NC1(C#N)CCCCC1. The first-order valence-electron chi connectivity index (χ1n) is 5.95. The van der Waals surface area contributed by atoms with Crippen molar-refractivity contribution in [2.45, 2.75) is 63.8 Å². The number of carbonyl (C=O) groups excluding carboxylic acids is 1. The number of carbonyl (C=O) groups is 1. The summed E-state index contributed by atoms with van der Waals surface area (Å²) in [6, 6.07) is 2.29. The number of amides is 1. The zero-order chi connectivity index (χ0) is 11.1. The molecule has 0 aromatic carbocycles. The summed E-state index contributed by atoms with van der Waals surface area (Å²) in [6.07, 6.45) is 7.43. The van der Waals surface area contributed by atoms with Gasteiger partial charge in [-0.05, 0) is 19.3 Å². The highest BCUT2D eigenvalue weighted by Crippen LogP contribution is 2.27. The number of hydrogen-bond acceptors (Lipinski definition) is 2. The van der Waals surface area contributed by atoms with Gasteiger partial charge in [0.2, 0.25) is 5.91 Å². The molecule has 1 aliphatic carbocycles. The zero-order valence-electron chi connectivity index (χ0n) is 9.51. The Balaban J connectivity index is 2.45. The standard InChI is InChI=1S/C12H20N2O/c1-2-3-7-11(15)14-12(10-13)8-5-4-6-9-12/h2-9H2,1H3,(H,14,15). The Kier molecular flexibility index (Phi) is 4.61. The average molecular weight is 208 g/mol. The Hall–Kier alpha value is -1.04. The summed E-state index contributed by atoms with van der Waals surface area (Å²) in [4.78, 5) is 11.6. The molecule has 1 rings (SSSR count). The minimum absolute atomic E-state index is 0.0419. The molecule has 0 atom stereocenters. The number of hydrogen-bond donors (Lipinski definition) is 1. The van der Waals surface area contributed by atoms with E-state index in [9.17, 15) is 4.79 Å². The van der Waals surface area contributed by atoms with Crippen LogP contribution in [0.25, 0.3) is 0 Å². The molecule has 0 saturated heterocycles. The molecule has 3 nitrogen and oxygen atoms in total. The number of nitrogens with one attached hydrogen (secondary N) is 1. The van der Waals surface area contributed by atoms with Crippen LogP contribution in [-0.2, 0) is 4.79 Å². The predicted molar refractivity (Wildman–Crippen MR) is 59.1 cm³/mol. The maximum absolute atomic E-state index is 11.6. The molecule has 0 heterocycles. The third-order valence-corrected chi connectivity index (χ3v) is 3.06. The summed E-state index contributed by atoms with van der Waals surface area (Å²) < 4.78 is 0. The van der Waals surface area contributed by atoms with Gasteiger partial charge in [0.25, 0.3) is 0 Å². The van der Waals surface area contributed by atoms with Gasteiger partial charge in [-0.3, -0.25) is 4.79 Å². The van der Waals surface area contributed by atoms with Gasteiger partial charge in [0.15, 0.2) is 0 Å². The van der Waals surface area contributed by atoms with Crippen molar-refractivity contribution in [3.8, 4) is 6.07 Å². The van der Waals surface area contributed by atoms with E-state index in [2.05, 4.69) is 18.3 Å². The van der Waals surface area contributed by atoms with Crippen molar-refractivity contribution in [2.75, 3.05) is 0 Å². The van der Waals surface area contributed by atoms with Crippen LogP contribution in [0.5, 0.6) is 0 Å². The summed E-state index contributed by atoms with van der Waals surface area (Å²) in [5.74, 6) is 0.0419. The second-order valence-electron chi connectivity index (χ2n) is 4.41. The molecule has 0 aliphatic heterocycles. The van der Waals surface area contributed by atoms with Crippen LogP contribution in [0.1, 0.15) is 58.3 Å². The number of unbranched alkanes of at least 4 members (excludes halogenated alkanes) is 1. The van der Waals surface area contributed by atoms with Gasteiger partial charge in [0.05, 0.1) is 6.07 Å². The monoisotopic (exact) mass is 208 g/mol. The smallest absolute Gasteiger partial charge is 0.221 e. The lowest BCUT2D eigenvalue weighted by atomic mass is 9.83. The number of nitriles is 1. The maximum Gasteiger partial charge on any atom is 0.221 e. The highest BCUT2D eigenvalue weighted by atomic mass is 16.1. The van der Waals surface area contributed by atoms with Crippen molar-refractivity contribution in [1.29, 1.82) is 5.26 Å². The van der Waals surface area contributed by atoms with Crippen molar-refractivity contribution < 1.29 is 4.79 Å². The van der Waals surface area contributed by atoms with Gasteiger partial charge in [-0.15, -0.1) is 0 Å². The topological polar surface area (TPSA) is 52.9 Å². The van der Waals surface area contributed by atoms with Crippen LogP contribution in [-0.4, -0.2) is 11.4 Å². The molecule has 1 amide bonds. The van der Waals surface area contributed by atoms with Crippen LogP contribution in [0, 0.1) is 11.3 Å². The molecular weight excluding hydrogens is 188 g/mol. The summed E-state index contributed by atoms with van der Waals surface area (Å²) in [7, 11) is 0. The van der Waals surface area contributed by atoms with Gasteiger partial charge < -0.3 is 5.32 Å². The van der Waals surface area contributed by atoms with Crippen molar-refractivity contribution in [2.24, 2.45) is 0 Å². The predicted octanol–water partition coefficient (Wildman–Crippen LogP) is 2.52. The van der Waals surface area contributed by atoms with E-state index in [-0.39, 0.29) is 5.91 Å². The van der Waals surface area contributed by atoms with Crippen LogP contribution >= 0.6 is 0 Å². The average Bonchev–Trinajstić information content (AvgIpc) is 2.27. The Labute approximate surface area is 91.9 Å². The minimum atomic E-state index is -0.553. The van der Waals surface area contributed by atoms with Crippen LogP contribution in [0.3, 0.4) is 0 Å². The van der Waals surface area contributed by atoms with Crippen LogP contribution < -0.4 is 5.32 Å². The Morgan fingerprint density at radius 3 is 2.60 bits per heavy atom. The van der Waals surface area contributed by atoms with Gasteiger partial charge >= 0.3 is 0 Å². The fourth-order valence-electron chi connectivity index (χ4n) is 2.09. The molecule has 0 radical (unpaired) electrons. The highest BCUT2D eigenvalue weighted by Gasteiger charge is 2.33. The lowest BCUT2D eigenvalue weighted by Crippen LogP contribution is -2.48. The molecule has 3 heteroatoms. The molecule has 0 aromatic rings. The van der Waals surface area contributed by atoms with E-state index in [0.29, 0.717) is 6.42 Å². The molecule has 0 aromatic heterocycles. The normalized spacial score (nSPS) is 19.2. The van der Waals surface area contributed by atoms with Crippen LogP contribution in [0.2, 0.25) is 0 Å². The van der Waals surface area contributed by atoms with E-state index in [4.69, 9.17) is 5.26 Å². The first kappa shape index (κ1) is 12.0. The molecule has 15 heavy (non-hydrogen) atoms. The molecule has 84 valence electrons. The highest BCUT2D eigenvalue weighted by molar-refractivity contribution is 5.77. The molecule has 1 saturated carbocycles. The molecular formula is C12H20N2O. The zero-order valence-corrected chi connectivity index (χ0v) is 9.51. The second kappa shape index (κ2) is 5.75. The molecule has 0 bridgehead atoms. The Bertz CT molecular complexity index is 249.